The van der Waals surface area contributed by atoms with Crippen LogP contribution in [0.5, 0.6) is 0 Å². The van der Waals surface area contributed by atoms with Gasteiger partial charge in [0.05, 0.1) is 23.7 Å². The number of nitriles is 1. The largest absolute Gasteiger partial charge is 0.497 e. The van der Waals surface area contributed by atoms with Crippen LogP contribution in [-0.4, -0.2) is 17.7 Å². The molecule has 3 aromatic rings. The van der Waals surface area contributed by atoms with Crippen molar-refractivity contribution in [3.05, 3.63) is 82.1 Å². The molecule has 6 heteroatoms. The van der Waals surface area contributed by atoms with Gasteiger partial charge in [0.15, 0.2) is 0 Å². The molecule has 1 aliphatic rings. The fraction of sp³-hybridized carbons (Fsp3) is 0.267. The van der Waals surface area contributed by atoms with Crippen molar-refractivity contribution in [2.45, 2.75) is 46.1 Å². The third kappa shape index (κ3) is 5.21. The van der Waals surface area contributed by atoms with Gasteiger partial charge >= 0.3 is 6.03 Å². The first-order valence-electron chi connectivity index (χ1n) is 12.3. The molecule has 184 valence electrons. The van der Waals surface area contributed by atoms with Gasteiger partial charge in [0.25, 0.3) is 0 Å². The van der Waals surface area contributed by atoms with Crippen molar-refractivity contribution in [3.8, 4) is 17.3 Å². The molecule has 4 rings (SSSR count). The number of hydrogen-bond donors (Lipinski definition) is 2. The van der Waals surface area contributed by atoms with Crippen LogP contribution in [-0.2, 0) is 11.3 Å². The molecule has 1 aromatic heterocycles. The van der Waals surface area contributed by atoms with E-state index in [2.05, 4.69) is 48.1 Å². The Morgan fingerprint density at radius 3 is 2.53 bits per heavy atom. The van der Waals surface area contributed by atoms with Gasteiger partial charge in [0.1, 0.15) is 11.8 Å². The van der Waals surface area contributed by atoms with Crippen LogP contribution in [0.1, 0.15) is 50.7 Å². The van der Waals surface area contributed by atoms with Gasteiger partial charge in [-0.25, -0.2) is 4.79 Å². The molecule has 0 saturated carbocycles. The highest BCUT2D eigenvalue weighted by atomic mass is 16.5. The Kier molecular flexibility index (Phi) is 7.60. The summed E-state index contributed by atoms with van der Waals surface area (Å²) in [7, 11) is 1.66. The number of methoxy groups -OCH3 is 1. The number of allylic oxidation sites excluding steroid dienone is 2. The van der Waals surface area contributed by atoms with Crippen molar-refractivity contribution >= 4 is 29.6 Å². The second-order valence-electron chi connectivity index (χ2n) is 9.12. The van der Waals surface area contributed by atoms with E-state index in [9.17, 15) is 10.1 Å². The topological polar surface area (TPSA) is 79.1 Å². The number of urea groups is 1. The summed E-state index contributed by atoms with van der Waals surface area (Å²) in [5.74, 6) is 1.22. The molecule has 0 unspecified atom stereocenters. The van der Waals surface area contributed by atoms with E-state index in [1.165, 1.54) is 5.56 Å². The zero-order chi connectivity index (χ0) is 25.7. The van der Waals surface area contributed by atoms with Gasteiger partial charge in [-0.1, -0.05) is 51.1 Å². The molecule has 2 amide bonds. The lowest BCUT2D eigenvalue weighted by Gasteiger charge is -2.13. The Morgan fingerprint density at radius 1 is 1.11 bits per heavy atom. The van der Waals surface area contributed by atoms with Gasteiger partial charge in [-0.05, 0) is 54.7 Å². The van der Waals surface area contributed by atoms with E-state index in [-0.39, 0.29) is 6.03 Å². The second kappa shape index (κ2) is 11.0. The maximum Gasteiger partial charge on any atom is 0.323 e. The lowest BCUT2D eigenvalue weighted by atomic mass is 10.0. The number of ether oxygens (including phenoxy) is 1. The molecule has 0 saturated heterocycles. The average molecular weight is 481 g/mol. The number of amides is 2. The number of nitrogens with zero attached hydrogens (tertiary/aromatic N) is 2. The molecule has 0 spiro atoms. The monoisotopic (exact) mass is 480 g/mol. The lowest BCUT2D eigenvalue weighted by Crippen LogP contribution is -2.30. The molecule has 1 heterocycles. The molecule has 6 nitrogen and oxygen atoms in total. The smallest absolute Gasteiger partial charge is 0.323 e. The van der Waals surface area contributed by atoms with Gasteiger partial charge in [0.2, 0.25) is 0 Å². The normalized spacial score (nSPS) is 12.4. The maximum absolute atomic E-state index is 12.7. The van der Waals surface area contributed by atoms with Crippen LogP contribution < -0.4 is 21.2 Å². The van der Waals surface area contributed by atoms with E-state index in [1.54, 1.807) is 7.11 Å². The summed E-state index contributed by atoms with van der Waals surface area (Å²) in [5.41, 5.74) is 4.95. The Balaban J connectivity index is 1.67. The minimum atomic E-state index is -0.318. The number of carbonyl (C=O) groups excluding carboxylic acids is 1. The molecule has 2 N–H and O–H groups in total. The maximum atomic E-state index is 12.7. The van der Waals surface area contributed by atoms with Crippen LogP contribution in [0.2, 0.25) is 0 Å². The fourth-order valence-electron chi connectivity index (χ4n) is 4.51. The number of aromatic nitrogens is 1. The molecule has 2 aromatic carbocycles. The first kappa shape index (κ1) is 24.9. The molecule has 1 aliphatic carbocycles. The zero-order valence-electron chi connectivity index (χ0n) is 21.3. The van der Waals surface area contributed by atoms with Crippen molar-refractivity contribution < 1.29 is 9.53 Å². The van der Waals surface area contributed by atoms with Crippen LogP contribution in [0.15, 0.2) is 60.4 Å². The highest BCUT2D eigenvalue weighted by Gasteiger charge is 2.18. The Labute approximate surface area is 212 Å². The Morgan fingerprint density at radius 2 is 1.86 bits per heavy atom. The number of fused-ring (bicyclic) bond motifs is 1. The number of carbonyl (C=O) groups is 1. The van der Waals surface area contributed by atoms with Crippen LogP contribution >= 0.6 is 0 Å². The first-order valence-corrected chi connectivity index (χ1v) is 12.3. The summed E-state index contributed by atoms with van der Waals surface area (Å²) >= 11 is 0. The van der Waals surface area contributed by atoms with E-state index in [0.717, 1.165) is 46.2 Å². The molecule has 0 bridgehead atoms. The number of anilines is 2. The van der Waals surface area contributed by atoms with Crippen molar-refractivity contribution in [1.82, 2.24) is 4.57 Å². The number of nitrogens with one attached hydrogen (secondary N) is 2. The lowest BCUT2D eigenvalue weighted by molar-refractivity contribution is 0.262. The van der Waals surface area contributed by atoms with Crippen molar-refractivity contribution in [3.63, 3.8) is 0 Å². The van der Waals surface area contributed by atoms with Gasteiger partial charge in [-0.15, -0.1) is 0 Å². The molecule has 0 fully saturated rings. The molecule has 0 aliphatic heterocycles. The number of benzene rings is 2. The van der Waals surface area contributed by atoms with Crippen molar-refractivity contribution in [2.75, 3.05) is 17.7 Å². The molecular formula is C30H32N4O2. The van der Waals surface area contributed by atoms with Gasteiger partial charge in [-0.3, -0.25) is 0 Å². The predicted molar refractivity (Wildman–Crippen MR) is 146 cm³/mol. The second-order valence-corrected chi connectivity index (χ2v) is 9.12. The number of rotatable bonds is 7. The summed E-state index contributed by atoms with van der Waals surface area (Å²) in [6.07, 6.45) is 7.69. The standard InChI is InChI=1S/C30H32N4O2/c1-5-16-34-28-18-25(36-4)10-7-11-26(28)27(19-31)29(34)22-8-6-9-24(17-22)33-30(35)32-23-14-12-21(13-15-23)20(2)3/h6,8-15,17-18,20H,5,7,16H2,1-4H3,(H2,32,33,35). The van der Waals surface area contributed by atoms with Crippen LogP contribution in [0.4, 0.5) is 16.2 Å². The minimum Gasteiger partial charge on any atom is -0.497 e. The van der Waals surface area contributed by atoms with E-state index < -0.39 is 0 Å². The summed E-state index contributed by atoms with van der Waals surface area (Å²) in [6, 6.07) is 17.6. The quantitative estimate of drug-likeness (QED) is 0.455. The summed E-state index contributed by atoms with van der Waals surface area (Å²) < 4.78 is 7.69. The fourth-order valence-corrected chi connectivity index (χ4v) is 4.51. The first-order chi connectivity index (χ1) is 17.4. The van der Waals surface area contributed by atoms with E-state index in [4.69, 9.17) is 4.74 Å². The predicted octanol–water partition coefficient (Wildman–Crippen LogP) is 5.70. The van der Waals surface area contributed by atoms with Crippen molar-refractivity contribution in [2.24, 2.45) is 0 Å². The van der Waals surface area contributed by atoms with Crippen LogP contribution in [0.25, 0.3) is 23.4 Å². The average Bonchev–Trinajstić information content (AvgIpc) is 3.00. The van der Waals surface area contributed by atoms with Crippen LogP contribution in [0.3, 0.4) is 0 Å². The SMILES string of the molecule is CCCn1c(-c2cccc(NC(=O)Nc3ccc(C(C)C)cc3)c2)c(C#N)c2c1=CC(OC)=CCC=2. The molecule has 36 heavy (non-hydrogen) atoms. The molecule has 0 atom stereocenters. The highest BCUT2D eigenvalue weighted by molar-refractivity contribution is 6.00. The van der Waals surface area contributed by atoms with Crippen LogP contribution in [0, 0.1) is 11.3 Å². The summed E-state index contributed by atoms with van der Waals surface area (Å²) in [5, 5.41) is 17.8. The minimum absolute atomic E-state index is 0.318. The molecule has 0 radical (unpaired) electrons. The third-order valence-electron chi connectivity index (χ3n) is 6.29. The highest BCUT2D eigenvalue weighted by Crippen LogP contribution is 2.25. The van der Waals surface area contributed by atoms with E-state index in [1.807, 2.05) is 60.7 Å². The Hall–Kier alpha value is -4.24. The van der Waals surface area contributed by atoms with E-state index >= 15 is 0 Å². The molecular weight excluding hydrogens is 448 g/mol. The van der Waals surface area contributed by atoms with E-state index in [0.29, 0.717) is 23.6 Å². The Bertz CT molecular complexity index is 1450. The third-order valence-corrected chi connectivity index (χ3v) is 6.29. The van der Waals surface area contributed by atoms with Gasteiger partial charge in [-0.2, -0.15) is 5.26 Å². The van der Waals surface area contributed by atoms with Gasteiger partial charge in [0, 0.05) is 34.8 Å². The zero-order valence-corrected chi connectivity index (χ0v) is 21.3. The summed E-state index contributed by atoms with van der Waals surface area (Å²) in [6.45, 7) is 7.15. The summed E-state index contributed by atoms with van der Waals surface area (Å²) in [4.78, 5) is 12.7. The van der Waals surface area contributed by atoms with Gasteiger partial charge < -0.3 is 19.9 Å². The number of hydrogen-bond acceptors (Lipinski definition) is 3. The van der Waals surface area contributed by atoms with Crippen molar-refractivity contribution in [1.29, 1.82) is 5.26 Å².